The van der Waals surface area contributed by atoms with Crippen LogP contribution in [0.4, 0.5) is 0 Å². The topological polar surface area (TPSA) is 101 Å². The number of pyridine rings is 2. The minimum absolute atomic E-state index is 0.441. The molecule has 0 bridgehead atoms. The highest BCUT2D eigenvalue weighted by molar-refractivity contribution is 9.10. The Kier molecular flexibility index (Phi) is 5.16. The summed E-state index contributed by atoms with van der Waals surface area (Å²) in [4.78, 5) is 8.52. The largest absolute Gasteiger partial charge is 0.378 e. The summed E-state index contributed by atoms with van der Waals surface area (Å²) in [6.45, 7) is 0. The Balaban J connectivity index is 2.01. The molecule has 4 aromatic rings. The van der Waals surface area contributed by atoms with E-state index in [0.29, 0.717) is 26.9 Å². The lowest BCUT2D eigenvalue weighted by Gasteiger charge is -2.37. The second-order valence-electron chi connectivity index (χ2n) is 6.40. The van der Waals surface area contributed by atoms with E-state index in [1.54, 1.807) is 78.1 Å². The summed E-state index contributed by atoms with van der Waals surface area (Å²) in [6.07, 6.45) is 8.15. The first-order valence-corrected chi connectivity index (χ1v) is 9.53. The minimum atomic E-state index is -1.59. The molecule has 0 aliphatic heterocycles. The second kappa shape index (κ2) is 7.91. The van der Waals surface area contributed by atoms with E-state index in [2.05, 4.69) is 42.3 Å². The van der Waals surface area contributed by atoms with E-state index < -0.39 is 11.6 Å². The average molecular weight is 447 g/mol. The van der Waals surface area contributed by atoms with Crippen LogP contribution < -0.4 is 0 Å². The molecule has 3 aromatic heterocycles. The number of nitrogens with zero attached hydrogens (tertiary/aromatic N) is 6. The van der Waals surface area contributed by atoms with Crippen molar-refractivity contribution < 1.29 is 5.11 Å². The molecule has 0 unspecified atom stereocenters. The monoisotopic (exact) mass is 446 g/mol. The number of nitriles is 1. The Labute approximate surface area is 175 Å². The fourth-order valence-electron chi connectivity index (χ4n) is 3.39. The van der Waals surface area contributed by atoms with E-state index in [4.69, 9.17) is 0 Å². The van der Waals surface area contributed by atoms with Gasteiger partial charge in [-0.1, -0.05) is 29.5 Å². The molecule has 0 radical (unpaired) electrons. The van der Waals surface area contributed by atoms with E-state index in [-0.39, 0.29) is 0 Å². The number of aliphatic hydroxyl groups is 1. The smallest absolute Gasteiger partial charge is 0.143 e. The molecule has 0 saturated heterocycles. The fraction of sp³-hybridized carbons (Fsp3) is 0.0952. The summed E-state index contributed by atoms with van der Waals surface area (Å²) in [5.41, 5.74) is 0.652. The molecule has 0 saturated carbocycles. The number of rotatable bonds is 5. The van der Waals surface area contributed by atoms with Gasteiger partial charge in [0.25, 0.3) is 0 Å². The quantitative estimate of drug-likeness (QED) is 0.472. The van der Waals surface area contributed by atoms with Crippen molar-refractivity contribution in [2.24, 2.45) is 0 Å². The van der Waals surface area contributed by atoms with Gasteiger partial charge in [0, 0.05) is 30.4 Å². The zero-order chi connectivity index (χ0) is 20.3. The molecule has 1 N–H and O–H groups in total. The summed E-state index contributed by atoms with van der Waals surface area (Å²) in [5, 5.41) is 29.7. The Hall–Kier alpha value is -3.41. The van der Waals surface area contributed by atoms with Crippen LogP contribution >= 0.6 is 15.9 Å². The van der Waals surface area contributed by atoms with Crippen LogP contribution in [0.2, 0.25) is 0 Å². The second-order valence-corrected chi connectivity index (χ2v) is 7.21. The number of aromatic nitrogens is 5. The van der Waals surface area contributed by atoms with Gasteiger partial charge in [-0.2, -0.15) is 5.26 Å². The van der Waals surface area contributed by atoms with Crippen LogP contribution in [0.5, 0.6) is 0 Å². The summed E-state index contributed by atoms with van der Waals surface area (Å²) >= 11 is 3.35. The number of hydrogen-bond donors (Lipinski definition) is 1. The van der Waals surface area contributed by atoms with E-state index in [1.165, 1.54) is 0 Å². The molecule has 1 aromatic carbocycles. The maximum Gasteiger partial charge on any atom is 0.143 e. The van der Waals surface area contributed by atoms with Gasteiger partial charge in [0.05, 0.1) is 17.8 Å². The summed E-state index contributed by atoms with van der Waals surface area (Å²) < 4.78 is 2.26. The number of benzene rings is 1. The molecule has 7 nitrogen and oxygen atoms in total. The van der Waals surface area contributed by atoms with Gasteiger partial charge < -0.3 is 5.11 Å². The van der Waals surface area contributed by atoms with Gasteiger partial charge in [0.2, 0.25) is 0 Å². The van der Waals surface area contributed by atoms with Crippen molar-refractivity contribution >= 4 is 15.9 Å². The van der Waals surface area contributed by atoms with Gasteiger partial charge >= 0.3 is 0 Å². The molecule has 8 heteroatoms. The third-order valence-corrected chi connectivity index (χ3v) is 5.17. The molecule has 142 valence electrons. The highest BCUT2D eigenvalue weighted by Crippen LogP contribution is 2.43. The average Bonchev–Trinajstić information content (AvgIpc) is 3.30. The van der Waals surface area contributed by atoms with Crippen molar-refractivity contribution in [2.75, 3.05) is 0 Å². The van der Waals surface area contributed by atoms with Crippen LogP contribution in [0, 0.1) is 11.3 Å². The zero-order valence-corrected chi connectivity index (χ0v) is 16.7. The highest BCUT2D eigenvalue weighted by atomic mass is 79.9. The standard InChI is InChI=1S/C21H15BrN6O/c22-19-7-6-16(13-25-19)20(28-10-9-26-27-28)21(29,18-5-2-8-24-14-18)17-4-1-3-15(11-17)12-23/h1-11,13-14,20,29H/t20-,21-/m0/s1. The molecule has 0 aliphatic rings. The normalized spacial score (nSPS) is 14.0. The maximum absolute atomic E-state index is 12.3. The Bertz CT molecular complexity index is 1140. The van der Waals surface area contributed by atoms with E-state index in [9.17, 15) is 10.4 Å². The molecular formula is C21H15BrN6O. The van der Waals surface area contributed by atoms with Crippen LogP contribution in [0.1, 0.15) is 28.3 Å². The van der Waals surface area contributed by atoms with Gasteiger partial charge in [-0.05, 0) is 51.3 Å². The van der Waals surface area contributed by atoms with Crippen molar-refractivity contribution in [1.82, 2.24) is 25.0 Å². The van der Waals surface area contributed by atoms with Crippen LogP contribution in [-0.2, 0) is 5.60 Å². The molecule has 0 fully saturated rings. The maximum atomic E-state index is 12.3. The Morgan fingerprint density at radius 1 is 1.07 bits per heavy atom. The van der Waals surface area contributed by atoms with Crippen molar-refractivity contribution in [3.63, 3.8) is 0 Å². The van der Waals surface area contributed by atoms with Gasteiger partial charge in [-0.25, -0.2) is 9.67 Å². The van der Waals surface area contributed by atoms with Crippen LogP contribution in [0.3, 0.4) is 0 Å². The van der Waals surface area contributed by atoms with Gasteiger partial charge in [0.1, 0.15) is 16.2 Å². The molecule has 2 atom stereocenters. The molecular weight excluding hydrogens is 432 g/mol. The van der Waals surface area contributed by atoms with Gasteiger partial charge in [0.15, 0.2) is 0 Å². The van der Waals surface area contributed by atoms with Crippen molar-refractivity contribution in [3.8, 4) is 6.07 Å². The minimum Gasteiger partial charge on any atom is -0.378 e. The molecule has 0 spiro atoms. The lowest BCUT2D eigenvalue weighted by Crippen LogP contribution is -2.39. The summed E-state index contributed by atoms with van der Waals surface area (Å²) in [6, 6.07) is 15.5. The predicted molar refractivity (Wildman–Crippen MR) is 108 cm³/mol. The summed E-state index contributed by atoms with van der Waals surface area (Å²) in [5.74, 6) is 0. The Morgan fingerprint density at radius 3 is 2.59 bits per heavy atom. The van der Waals surface area contributed by atoms with Gasteiger partial charge in [-0.3, -0.25) is 4.98 Å². The Morgan fingerprint density at radius 2 is 1.93 bits per heavy atom. The molecule has 4 rings (SSSR count). The van der Waals surface area contributed by atoms with Crippen LogP contribution in [0.15, 0.2) is 84.1 Å². The first-order valence-electron chi connectivity index (χ1n) is 8.73. The van der Waals surface area contributed by atoms with Crippen molar-refractivity contribution in [2.45, 2.75) is 11.6 Å². The third-order valence-electron chi connectivity index (χ3n) is 4.70. The van der Waals surface area contributed by atoms with Crippen molar-refractivity contribution in [1.29, 1.82) is 5.26 Å². The fourth-order valence-corrected chi connectivity index (χ4v) is 3.62. The first-order chi connectivity index (χ1) is 14.1. The van der Waals surface area contributed by atoms with E-state index in [1.807, 2.05) is 6.07 Å². The van der Waals surface area contributed by atoms with Crippen molar-refractivity contribution in [3.05, 3.63) is 106 Å². The number of halogens is 1. The number of hydrogen-bond acceptors (Lipinski definition) is 6. The first kappa shape index (κ1) is 18.9. The van der Waals surface area contributed by atoms with E-state index >= 15 is 0 Å². The third kappa shape index (κ3) is 3.53. The SMILES string of the molecule is N#Cc1cccc([C@](O)(c2cccnc2)[C@H](c2ccc(Br)nc2)n2ccnn2)c1. The van der Waals surface area contributed by atoms with Gasteiger partial charge in [-0.15, -0.1) is 5.10 Å². The predicted octanol–water partition coefficient (Wildman–Crippen LogP) is 3.23. The molecule has 3 heterocycles. The zero-order valence-electron chi connectivity index (χ0n) is 15.1. The molecule has 0 amide bonds. The molecule has 0 aliphatic carbocycles. The van der Waals surface area contributed by atoms with Crippen LogP contribution in [0.25, 0.3) is 0 Å². The lowest BCUT2D eigenvalue weighted by atomic mass is 9.78. The van der Waals surface area contributed by atoms with Crippen LogP contribution in [-0.4, -0.2) is 30.1 Å². The lowest BCUT2D eigenvalue weighted by molar-refractivity contribution is 0.0325. The molecule has 29 heavy (non-hydrogen) atoms. The van der Waals surface area contributed by atoms with E-state index in [0.717, 1.165) is 0 Å². The summed E-state index contributed by atoms with van der Waals surface area (Å²) in [7, 11) is 0. The highest BCUT2D eigenvalue weighted by Gasteiger charge is 2.43.